The average Bonchev–Trinajstić information content (AvgIpc) is 2.45. The van der Waals surface area contributed by atoms with Crippen molar-refractivity contribution in [3.63, 3.8) is 0 Å². The summed E-state index contributed by atoms with van der Waals surface area (Å²) >= 11 is 11.6. The number of halogens is 2. The standard InChI is InChI=1S/C14H12Cl2N2O2/c15-12-7-6-10(13(16)18-12)14(20)17-11(8-19)9-4-2-1-3-5-9/h1-7,11,19H,8H2,(H,17,20)/t11-/m1/s1. The zero-order chi connectivity index (χ0) is 14.5. The topological polar surface area (TPSA) is 62.2 Å². The number of aliphatic hydroxyl groups excluding tert-OH is 1. The zero-order valence-corrected chi connectivity index (χ0v) is 11.9. The van der Waals surface area contributed by atoms with Crippen molar-refractivity contribution < 1.29 is 9.90 Å². The SMILES string of the molecule is O=C(N[C@H](CO)c1ccccc1)c1ccc(Cl)nc1Cl. The fraction of sp³-hybridized carbons (Fsp3) is 0.143. The highest BCUT2D eigenvalue weighted by Gasteiger charge is 2.17. The van der Waals surface area contributed by atoms with Crippen molar-refractivity contribution >= 4 is 29.1 Å². The first-order valence-corrected chi connectivity index (χ1v) is 6.66. The molecule has 0 aliphatic rings. The molecule has 6 heteroatoms. The van der Waals surface area contributed by atoms with Crippen LogP contribution in [-0.2, 0) is 0 Å². The lowest BCUT2D eigenvalue weighted by Crippen LogP contribution is -2.31. The number of aromatic nitrogens is 1. The van der Waals surface area contributed by atoms with Crippen LogP contribution < -0.4 is 5.32 Å². The van der Waals surface area contributed by atoms with Crippen LogP contribution in [0.4, 0.5) is 0 Å². The molecule has 0 saturated heterocycles. The van der Waals surface area contributed by atoms with Crippen molar-refractivity contribution in [3.8, 4) is 0 Å². The second kappa shape index (κ2) is 6.70. The van der Waals surface area contributed by atoms with Crippen molar-refractivity contribution in [1.82, 2.24) is 10.3 Å². The first-order valence-electron chi connectivity index (χ1n) is 5.90. The molecule has 4 nitrogen and oxygen atoms in total. The van der Waals surface area contributed by atoms with E-state index >= 15 is 0 Å². The molecular formula is C14H12Cl2N2O2. The van der Waals surface area contributed by atoms with E-state index in [1.54, 1.807) is 0 Å². The van der Waals surface area contributed by atoms with Crippen LogP contribution in [0.5, 0.6) is 0 Å². The Labute approximate surface area is 126 Å². The molecule has 1 amide bonds. The first-order chi connectivity index (χ1) is 9.61. The minimum absolute atomic E-state index is 0.0275. The van der Waals surface area contributed by atoms with Gasteiger partial charge in [0.25, 0.3) is 5.91 Å². The highest BCUT2D eigenvalue weighted by molar-refractivity contribution is 6.34. The second-order valence-electron chi connectivity index (χ2n) is 4.09. The minimum atomic E-state index is -0.504. The third kappa shape index (κ3) is 3.48. The highest BCUT2D eigenvalue weighted by Crippen LogP contribution is 2.18. The van der Waals surface area contributed by atoms with Crippen LogP contribution in [0, 0.1) is 0 Å². The Hall–Kier alpha value is -1.62. The smallest absolute Gasteiger partial charge is 0.254 e. The van der Waals surface area contributed by atoms with Crippen LogP contribution in [-0.4, -0.2) is 22.6 Å². The molecule has 1 aromatic carbocycles. The van der Waals surface area contributed by atoms with Crippen molar-refractivity contribution in [2.75, 3.05) is 6.61 Å². The van der Waals surface area contributed by atoms with Gasteiger partial charge in [-0.15, -0.1) is 0 Å². The number of rotatable bonds is 4. The number of amides is 1. The maximum Gasteiger partial charge on any atom is 0.254 e. The summed E-state index contributed by atoms with van der Waals surface area (Å²) in [6.45, 7) is -0.214. The number of hydrogen-bond acceptors (Lipinski definition) is 3. The Bertz CT molecular complexity index is 605. The number of nitrogens with one attached hydrogen (secondary N) is 1. The van der Waals surface area contributed by atoms with Gasteiger partial charge >= 0.3 is 0 Å². The molecule has 1 heterocycles. The van der Waals surface area contributed by atoms with Gasteiger partial charge in [0.05, 0.1) is 18.2 Å². The summed E-state index contributed by atoms with van der Waals surface area (Å²) in [6, 6.07) is 11.6. The van der Waals surface area contributed by atoms with E-state index in [0.29, 0.717) is 0 Å². The fourth-order valence-corrected chi connectivity index (χ4v) is 2.17. The molecule has 2 rings (SSSR count). The number of hydrogen-bond donors (Lipinski definition) is 2. The van der Waals surface area contributed by atoms with Gasteiger partial charge in [0.15, 0.2) is 0 Å². The first kappa shape index (κ1) is 14.8. The van der Waals surface area contributed by atoms with E-state index in [1.165, 1.54) is 12.1 Å². The molecule has 0 bridgehead atoms. The van der Waals surface area contributed by atoms with Crippen LogP contribution in [0.15, 0.2) is 42.5 Å². The lowest BCUT2D eigenvalue weighted by Gasteiger charge is -2.17. The summed E-state index contributed by atoms with van der Waals surface area (Å²) < 4.78 is 0. The molecule has 20 heavy (non-hydrogen) atoms. The third-order valence-corrected chi connectivity index (χ3v) is 3.25. The van der Waals surface area contributed by atoms with Crippen molar-refractivity contribution in [1.29, 1.82) is 0 Å². The average molecular weight is 311 g/mol. The van der Waals surface area contributed by atoms with E-state index in [-0.39, 0.29) is 22.5 Å². The summed E-state index contributed by atoms with van der Waals surface area (Å²) in [4.78, 5) is 15.9. The van der Waals surface area contributed by atoms with E-state index < -0.39 is 11.9 Å². The fourth-order valence-electron chi connectivity index (χ4n) is 1.74. The molecule has 0 aliphatic carbocycles. The van der Waals surface area contributed by atoms with E-state index in [4.69, 9.17) is 23.2 Å². The normalized spacial score (nSPS) is 11.9. The summed E-state index contributed by atoms with van der Waals surface area (Å²) in [5, 5.41) is 12.4. The molecule has 0 fully saturated rings. The van der Waals surface area contributed by atoms with E-state index in [1.807, 2.05) is 30.3 Å². The summed E-state index contributed by atoms with van der Waals surface area (Å²) in [5.41, 5.74) is 1.02. The van der Waals surface area contributed by atoms with Gasteiger partial charge in [-0.3, -0.25) is 4.79 Å². The number of carbonyl (C=O) groups excluding carboxylic acids is 1. The Balaban J connectivity index is 2.17. The minimum Gasteiger partial charge on any atom is -0.394 e. The van der Waals surface area contributed by atoms with E-state index in [9.17, 15) is 9.90 Å². The predicted molar refractivity (Wildman–Crippen MR) is 78.0 cm³/mol. The molecule has 1 atom stereocenters. The number of benzene rings is 1. The lowest BCUT2D eigenvalue weighted by atomic mass is 10.1. The van der Waals surface area contributed by atoms with Crippen molar-refractivity contribution in [2.24, 2.45) is 0 Å². The van der Waals surface area contributed by atoms with Gasteiger partial charge in [-0.25, -0.2) is 4.98 Å². The lowest BCUT2D eigenvalue weighted by molar-refractivity contribution is 0.0916. The predicted octanol–water partition coefficient (Wildman–Crippen LogP) is 2.85. The van der Waals surface area contributed by atoms with Crippen molar-refractivity contribution in [2.45, 2.75) is 6.04 Å². The van der Waals surface area contributed by atoms with Gasteiger partial charge in [-0.2, -0.15) is 0 Å². The molecule has 0 radical (unpaired) electrons. The number of aliphatic hydroxyl groups is 1. The quantitative estimate of drug-likeness (QED) is 0.854. The molecule has 0 aliphatic heterocycles. The second-order valence-corrected chi connectivity index (χ2v) is 4.84. The maximum atomic E-state index is 12.1. The summed E-state index contributed by atoms with van der Waals surface area (Å²) in [6.07, 6.45) is 0. The van der Waals surface area contributed by atoms with Gasteiger partial charge in [-0.1, -0.05) is 53.5 Å². The van der Waals surface area contributed by atoms with Crippen molar-refractivity contribution in [3.05, 3.63) is 63.9 Å². The highest BCUT2D eigenvalue weighted by atomic mass is 35.5. The molecular weight excluding hydrogens is 299 g/mol. The third-order valence-electron chi connectivity index (χ3n) is 2.75. The van der Waals surface area contributed by atoms with Gasteiger partial charge in [0.2, 0.25) is 0 Å². The monoisotopic (exact) mass is 310 g/mol. The van der Waals surface area contributed by atoms with Crippen LogP contribution in [0.1, 0.15) is 22.0 Å². The van der Waals surface area contributed by atoms with Crippen LogP contribution in [0.25, 0.3) is 0 Å². The Kier molecular flexibility index (Phi) is 4.95. The molecule has 104 valence electrons. The molecule has 0 spiro atoms. The Morgan fingerprint density at radius 3 is 2.50 bits per heavy atom. The van der Waals surface area contributed by atoms with Crippen LogP contribution in [0.3, 0.4) is 0 Å². The maximum absolute atomic E-state index is 12.1. The molecule has 2 N–H and O–H groups in total. The Morgan fingerprint density at radius 2 is 1.90 bits per heavy atom. The van der Waals surface area contributed by atoms with Gasteiger partial charge in [0, 0.05) is 0 Å². The molecule has 0 saturated carbocycles. The number of pyridine rings is 1. The Morgan fingerprint density at radius 1 is 1.20 bits per heavy atom. The number of nitrogens with zero attached hydrogens (tertiary/aromatic N) is 1. The van der Waals surface area contributed by atoms with Gasteiger partial charge in [0.1, 0.15) is 10.3 Å². The van der Waals surface area contributed by atoms with Crippen LogP contribution in [0.2, 0.25) is 10.3 Å². The summed E-state index contributed by atoms with van der Waals surface area (Å²) in [5.74, 6) is -0.415. The van der Waals surface area contributed by atoms with Gasteiger partial charge in [-0.05, 0) is 17.7 Å². The molecule has 2 aromatic rings. The molecule has 1 aromatic heterocycles. The van der Waals surface area contributed by atoms with Crippen LogP contribution >= 0.6 is 23.2 Å². The largest absolute Gasteiger partial charge is 0.394 e. The number of carbonyl (C=O) groups is 1. The van der Waals surface area contributed by atoms with E-state index in [2.05, 4.69) is 10.3 Å². The summed E-state index contributed by atoms with van der Waals surface area (Å²) in [7, 11) is 0. The van der Waals surface area contributed by atoms with Gasteiger partial charge < -0.3 is 10.4 Å². The van der Waals surface area contributed by atoms with E-state index in [0.717, 1.165) is 5.56 Å². The zero-order valence-electron chi connectivity index (χ0n) is 10.4. The molecule has 0 unspecified atom stereocenters.